The molecular weight excluding hydrogens is 238 g/mol. The molecule has 106 valence electrons. The quantitative estimate of drug-likeness (QED) is 0.888. The number of aromatic nitrogens is 1. The number of hydrogen-bond donors (Lipinski definition) is 1. The molecule has 19 heavy (non-hydrogen) atoms. The molecule has 2 heterocycles. The van der Waals surface area contributed by atoms with Gasteiger partial charge in [0.15, 0.2) is 0 Å². The van der Waals surface area contributed by atoms with E-state index in [4.69, 9.17) is 0 Å². The van der Waals surface area contributed by atoms with Crippen LogP contribution in [0.25, 0.3) is 0 Å². The van der Waals surface area contributed by atoms with Gasteiger partial charge in [0.2, 0.25) is 0 Å². The van der Waals surface area contributed by atoms with E-state index in [2.05, 4.69) is 37.2 Å². The van der Waals surface area contributed by atoms with Crippen LogP contribution in [-0.2, 0) is 26.6 Å². The molecule has 4 heteroatoms. The molecule has 1 unspecified atom stereocenters. The molecule has 0 saturated heterocycles. The molecule has 0 radical (unpaired) electrons. The summed E-state index contributed by atoms with van der Waals surface area (Å²) in [7, 11) is 4.03. The predicted molar refractivity (Wildman–Crippen MR) is 78.3 cm³/mol. The molecule has 1 aromatic rings. The van der Waals surface area contributed by atoms with E-state index >= 15 is 0 Å². The third-order valence-corrected chi connectivity index (χ3v) is 4.13. The average Bonchev–Trinajstić information content (AvgIpc) is 2.40. The first-order valence-corrected chi connectivity index (χ1v) is 7.15. The van der Waals surface area contributed by atoms with Crippen LogP contribution in [0.3, 0.4) is 0 Å². The van der Waals surface area contributed by atoms with Crippen molar-refractivity contribution >= 4 is 0 Å². The summed E-state index contributed by atoms with van der Waals surface area (Å²) in [6, 6.07) is 2.55. The second kappa shape index (κ2) is 5.88. The van der Waals surface area contributed by atoms with Gasteiger partial charge in [0.1, 0.15) is 0 Å². The fourth-order valence-corrected chi connectivity index (χ4v) is 2.60. The molecule has 0 fully saturated rings. The zero-order chi connectivity index (χ0) is 14.0. The number of fused-ring (bicyclic) bond motifs is 1. The first kappa shape index (κ1) is 14.3. The molecule has 4 nitrogen and oxygen atoms in total. The Bertz CT molecular complexity index is 507. The summed E-state index contributed by atoms with van der Waals surface area (Å²) in [6.45, 7) is 6.94. The maximum Gasteiger partial charge on any atom is 0.255 e. The van der Waals surface area contributed by atoms with Gasteiger partial charge in [-0.2, -0.15) is 0 Å². The van der Waals surface area contributed by atoms with Crippen molar-refractivity contribution in [3.63, 3.8) is 0 Å². The number of nitrogens with zero attached hydrogens (tertiary/aromatic N) is 2. The Kier molecular flexibility index (Phi) is 4.42. The Hall–Kier alpha value is -1.13. The zero-order valence-corrected chi connectivity index (χ0v) is 12.5. The summed E-state index contributed by atoms with van der Waals surface area (Å²) in [4.78, 5) is 14.6. The van der Waals surface area contributed by atoms with Crippen LogP contribution in [0.5, 0.6) is 0 Å². The Morgan fingerprint density at radius 3 is 2.84 bits per heavy atom. The van der Waals surface area contributed by atoms with Crippen molar-refractivity contribution in [1.29, 1.82) is 0 Å². The Morgan fingerprint density at radius 1 is 1.42 bits per heavy atom. The fraction of sp³-hybridized carbons (Fsp3) is 0.667. The van der Waals surface area contributed by atoms with Crippen molar-refractivity contribution < 1.29 is 0 Å². The van der Waals surface area contributed by atoms with Gasteiger partial charge >= 0.3 is 0 Å². The number of pyridine rings is 1. The van der Waals surface area contributed by atoms with Gasteiger partial charge in [0.05, 0.1) is 0 Å². The van der Waals surface area contributed by atoms with E-state index in [0.717, 1.165) is 31.5 Å². The molecule has 0 aromatic carbocycles. The lowest BCUT2D eigenvalue weighted by Gasteiger charge is -2.27. The van der Waals surface area contributed by atoms with Gasteiger partial charge < -0.3 is 14.8 Å². The van der Waals surface area contributed by atoms with Crippen LogP contribution in [0, 0.1) is 0 Å². The molecule has 0 aliphatic carbocycles. The van der Waals surface area contributed by atoms with Crippen molar-refractivity contribution in [1.82, 2.24) is 14.8 Å². The highest BCUT2D eigenvalue weighted by atomic mass is 16.1. The van der Waals surface area contributed by atoms with Crippen LogP contribution in [0.15, 0.2) is 10.9 Å². The second-order valence-corrected chi connectivity index (χ2v) is 5.68. The topological polar surface area (TPSA) is 37.3 Å². The van der Waals surface area contributed by atoms with Gasteiger partial charge in [-0.25, -0.2) is 0 Å². The van der Waals surface area contributed by atoms with Gasteiger partial charge in [-0.05, 0) is 32.0 Å². The minimum Gasteiger partial charge on any atom is -0.315 e. The SMILES string of the molecule is CCC(C)NCc1cc2c(n(C)c1=O)CCN(C)C2. The van der Waals surface area contributed by atoms with E-state index in [1.54, 1.807) is 0 Å². The van der Waals surface area contributed by atoms with Crippen LogP contribution in [-0.4, -0.2) is 29.1 Å². The largest absolute Gasteiger partial charge is 0.315 e. The Morgan fingerprint density at radius 2 is 2.16 bits per heavy atom. The first-order chi connectivity index (χ1) is 9.02. The zero-order valence-electron chi connectivity index (χ0n) is 12.5. The van der Waals surface area contributed by atoms with Gasteiger partial charge in [-0.1, -0.05) is 6.92 Å². The number of nitrogens with one attached hydrogen (secondary N) is 1. The highest BCUT2D eigenvalue weighted by molar-refractivity contribution is 5.28. The summed E-state index contributed by atoms with van der Waals surface area (Å²) in [6.07, 6.45) is 2.05. The number of likely N-dealkylation sites (N-methyl/N-ethyl adjacent to an activating group) is 1. The van der Waals surface area contributed by atoms with E-state index < -0.39 is 0 Å². The molecule has 0 bridgehead atoms. The smallest absolute Gasteiger partial charge is 0.255 e. The molecule has 1 atom stereocenters. The van der Waals surface area contributed by atoms with Crippen LogP contribution in [0.2, 0.25) is 0 Å². The molecule has 1 aromatic heterocycles. The maximum atomic E-state index is 12.3. The van der Waals surface area contributed by atoms with Crippen LogP contribution in [0.4, 0.5) is 0 Å². The summed E-state index contributed by atoms with van der Waals surface area (Å²) in [5.74, 6) is 0. The third kappa shape index (κ3) is 3.07. The minimum absolute atomic E-state index is 0.152. The van der Waals surface area contributed by atoms with Crippen molar-refractivity contribution in [2.24, 2.45) is 7.05 Å². The van der Waals surface area contributed by atoms with Crippen molar-refractivity contribution in [3.8, 4) is 0 Å². The molecule has 0 amide bonds. The fourth-order valence-electron chi connectivity index (χ4n) is 2.60. The van der Waals surface area contributed by atoms with E-state index in [0.29, 0.717) is 12.6 Å². The average molecular weight is 263 g/mol. The molecule has 1 aliphatic rings. The van der Waals surface area contributed by atoms with Crippen molar-refractivity contribution in [3.05, 3.63) is 33.2 Å². The lowest BCUT2D eigenvalue weighted by Crippen LogP contribution is -2.36. The van der Waals surface area contributed by atoms with Gasteiger partial charge in [0.25, 0.3) is 5.56 Å². The van der Waals surface area contributed by atoms with Crippen LogP contribution in [0.1, 0.15) is 37.1 Å². The lowest BCUT2D eigenvalue weighted by atomic mass is 10.0. The van der Waals surface area contributed by atoms with E-state index in [1.165, 1.54) is 11.3 Å². The summed E-state index contributed by atoms with van der Waals surface area (Å²) in [5.41, 5.74) is 3.54. The highest BCUT2D eigenvalue weighted by Gasteiger charge is 2.18. The van der Waals surface area contributed by atoms with Gasteiger partial charge in [-0.3, -0.25) is 4.79 Å². The van der Waals surface area contributed by atoms with Crippen LogP contribution >= 0.6 is 0 Å². The van der Waals surface area contributed by atoms with Crippen molar-refractivity contribution in [2.75, 3.05) is 13.6 Å². The Labute approximate surface area is 115 Å². The highest BCUT2D eigenvalue weighted by Crippen LogP contribution is 2.17. The van der Waals surface area contributed by atoms with Gasteiger partial charge in [-0.15, -0.1) is 0 Å². The number of rotatable bonds is 4. The van der Waals surface area contributed by atoms with E-state index in [9.17, 15) is 4.79 Å². The summed E-state index contributed by atoms with van der Waals surface area (Å²) >= 11 is 0. The lowest BCUT2D eigenvalue weighted by molar-refractivity contribution is 0.305. The summed E-state index contributed by atoms with van der Waals surface area (Å²) < 4.78 is 1.84. The maximum absolute atomic E-state index is 12.3. The first-order valence-electron chi connectivity index (χ1n) is 7.15. The van der Waals surface area contributed by atoms with Crippen LogP contribution < -0.4 is 10.9 Å². The monoisotopic (exact) mass is 263 g/mol. The standard InChI is InChI=1S/C15H25N3O/c1-5-11(2)16-9-12-8-13-10-17(3)7-6-14(13)18(4)15(12)19/h8,11,16H,5-7,9-10H2,1-4H3. The molecule has 1 aliphatic heterocycles. The molecule has 0 saturated carbocycles. The number of hydrogen-bond acceptors (Lipinski definition) is 3. The Balaban J connectivity index is 2.28. The normalized spacial score (nSPS) is 17.3. The van der Waals surface area contributed by atoms with E-state index in [1.807, 2.05) is 11.6 Å². The second-order valence-electron chi connectivity index (χ2n) is 5.68. The minimum atomic E-state index is 0.152. The third-order valence-electron chi connectivity index (χ3n) is 4.13. The summed E-state index contributed by atoms with van der Waals surface area (Å²) in [5, 5.41) is 3.41. The molecule has 1 N–H and O–H groups in total. The molecular formula is C15H25N3O. The van der Waals surface area contributed by atoms with E-state index in [-0.39, 0.29) is 5.56 Å². The molecule has 0 spiro atoms. The molecule has 2 rings (SSSR count). The van der Waals surface area contributed by atoms with Crippen molar-refractivity contribution in [2.45, 2.75) is 45.8 Å². The van der Waals surface area contributed by atoms with Gasteiger partial charge in [0, 0.05) is 50.4 Å². The predicted octanol–water partition coefficient (Wildman–Crippen LogP) is 1.26.